The second-order valence-corrected chi connectivity index (χ2v) is 3.25. The molecule has 0 amide bonds. The first-order valence-electron chi connectivity index (χ1n) is 4.97. The molecule has 5 nitrogen and oxygen atoms in total. The molecule has 0 aliphatic rings. The summed E-state index contributed by atoms with van der Waals surface area (Å²) in [6.45, 7) is 2.61. The van der Waals surface area contributed by atoms with Gasteiger partial charge < -0.3 is 10.5 Å². The molecule has 0 radical (unpaired) electrons. The average molecular weight is 222 g/mol. The first-order valence-corrected chi connectivity index (χ1v) is 4.97. The van der Waals surface area contributed by atoms with Gasteiger partial charge in [-0.2, -0.15) is 0 Å². The quantitative estimate of drug-likeness (QED) is 0.471. The Kier molecular flexibility index (Phi) is 4.32. The Hall–Kier alpha value is -2.04. The molecular formula is C11H14N2O3. The summed E-state index contributed by atoms with van der Waals surface area (Å²) in [7, 11) is 0. The number of hydrogen-bond donors (Lipinski definition) is 1. The summed E-state index contributed by atoms with van der Waals surface area (Å²) in [6, 6.07) is 5.08. The van der Waals surface area contributed by atoms with Crippen LogP contribution in [0, 0.1) is 10.1 Å². The van der Waals surface area contributed by atoms with Gasteiger partial charge in [0.05, 0.1) is 17.2 Å². The van der Waals surface area contributed by atoms with Crippen LogP contribution in [-0.2, 0) is 0 Å². The van der Waals surface area contributed by atoms with Crippen LogP contribution in [-0.4, -0.2) is 11.5 Å². The smallest absolute Gasteiger partial charge is 0.235 e. The molecule has 0 atom stereocenters. The lowest BCUT2D eigenvalue weighted by molar-refractivity contribution is -0.400. The Morgan fingerprint density at radius 3 is 2.88 bits per heavy atom. The van der Waals surface area contributed by atoms with Crippen molar-refractivity contribution in [3.8, 4) is 5.75 Å². The minimum absolute atomic E-state index is 0.485. The zero-order chi connectivity index (χ0) is 12.0. The van der Waals surface area contributed by atoms with Crippen LogP contribution in [0.25, 0.3) is 6.08 Å². The van der Waals surface area contributed by atoms with E-state index in [0.717, 1.165) is 12.6 Å². The normalized spacial score (nSPS) is 10.6. The number of nitrogens with two attached hydrogens (primary N) is 1. The van der Waals surface area contributed by atoms with Gasteiger partial charge in [0, 0.05) is 6.08 Å². The topological polar surface area (TPSA) is 78.4 Å². The summed E-state index contributed by atoms with van der Waals surface area (Å²) in [6.07, 6.45) is 3.17. The van der Waals surface area contributed by atoms with Crippen molar-refractivity contribution in [2.75, 3.05) is 12.3 Å². The van der Waals surface area contributed by atoms with Crippen molar-refractivity contribution < 1.29 is 9.66 Å². The molecule has 1 aromatic rings. The Labute approximate surface area is 93.7 Å². The maximum Gasteiger partial charge on any atom is 0.235 e. The summed E-state index contributed by atoms with van der Waals surface area (Å²) >= 11 is 0. The highest BCUT2D eigenvalue weighted by molar-refractivity contribution is 5.61. The molecule has 0 unspecified atom stereocenters. The van der Waals surface area contributed by atoms with Crippen molar-refractivity contribution in [2.24, 2.45) is 0 Å². The lowest BCUT2D eigenvalue weighted by Crippen LogP contribution is -1.99. The van der Waals surface area contributed by atoms with Crippen molar-refractivity contribution in [1.82, 2.24) is 0 Å². The number of hydrogen-bond acceptors (Lipinski definition) is 4. The van der Waals surface area contributed by atoms with Gasteiger partial charge in [0.2, 0.25) is 6.20 Å². The number of ether oxygens (including phenoxy) is 1. The van der Waals surface area contributed by atoms with Crippen LogP contribution in [0.3, 0.4) is 0 Å². The highest BCUT2D eigenvalue weighted by Gasteiger charge is 2.00. The number of nitro groups is 1. The number of nitrogens with zero attached hydrogens (tertiary/aromatic N) is 1. The third kappa shape index (κ3) is 3.61. The van der Waals surface area contributed by atoms with E-state index >= 15 is 0 Å². The summed E-state index contributed by atoms with van der Waals surface area (Å²) in [5.74, 6) is 0.611. The van der Waals surface area contributed by atoms with Crippen LogP contribution >= 0.6 is 0 Å². The van der Waals surface area contributed by atoms with Gasteiger partial charge in [0.15, 0.2) is 0 Å². The molecule has 0 heterocycles. The molecule has 86 valence electrons. The summed E-state index contributed by atoms with van der Waals surface area (Å²) in [5.41, 5.74) is 6.90. The third-order valence-corrected chi connectivity index (χ3v) is 1.88. The molecule has 0 bridgehead atoms. The second kappa shape index (κ2) is 5.75. The van der Waals surface area contributed by atoms with E-state index in [1.807, 2.05) is 6.92 Å². The molecule has 5 heteroatoms. The SMILES string of the molecule is CCCOc1ccc(C=C[N+](=O)[O-])cc1N. The number of anilines is 1. The van der Waals surface area contributed by atoms with Gasteiger partial charge in [-0.3, -0.25) is 10.1 Å². The fraction of sp³-hybridized carbons (Fsp3) is 0.273. The average Bonchev–Trinajstić information content (AvgIpc) is 2.25. The van der Waals surface area contributed by atoms with Crippen molar-refractivity contribution in [1.29, 1.82) is 0 Å². The molecule has 0 spiro atoms. The highest BCUT2D eigenvalue weighted by Crippen LogP contribution is 2.23. The van der Waals surface area contributed by atoms with Gasteiger partial charge >= 0.3 is 0 Å². The van der Waals surface area contributed by atoms with Crippen molar-refractivity contribution in [2.45, 2.75) is 13.3 Å². The minimum Gasteiger partial charge on any atom is -0.491 e. The largest absolute Gasteiger partial charge is 0.491 e. The van der Waals surface area contributed by atoms with E-state index in [4.69, 9.17) is 10.5 Å². The van der Waals surface area contributed by atoms with Crippen LogP contribution in [0.5, 0.6) is 5.75 Å². The van der Waals surface area contributed by atoms with Crippen LogP contribution in [0.2, 0.25) is 0 Å². The summed E-state index contributed by atoms with van der Waals surface area (Å²) in [4.78, 5) is 9.61. The minimum atomic E-state index is -0.516. The van der Waals surface area contributed by atoms with Crippen LogP contribution in [0.15, 0.2) is 24.4 Å². The standard InChI is InChI=1S/C11H14N2O3/c1-2-7-16-11-4-3-9(8-10(11)12)5-6-13(14)15/h3-6,8H,2,7,12H2,1H3. The first kappa shape index (κ1) is 12.0. The fourth-order valence-electron chi connectivity index (χ4n) is 1.16. The molecule has 0 aliphatic heterocycles. The fourth-order valence-corrected chi connectivity index (χ4v) is 1.16. The van der Waals surface area contributed by atoms with Gasteiger partial charge in [0.25, 0.3) is 0 Å². The van der Waals surface area contributed by atoms with Gasteiger partial charge in [-0.25, -0.2) is 0 Å². The zero-order valence-corrected chi connectivity index (χ0v) is 9.05. The third-order valence-electron chi connectivity index (χ3n) is 1.88. The number of nitrogen functional groups attached to an aromatic ring is 1. The predicted octanol–water partition coefficient (Wildman–Crippen LogP) is 2.31. The van der Waals surface area contributed by atoms with E-state index in [1.165, 1.54) is 6.08 Å². The summed E-state index contributed by atoms with van der Waals surface area (Å²) in [5, 5.41) is 10.1. The van der Waals surface area contributed by atoms with E-state index < -0.39 is 4.92 Å². The maximum atomic E-state index is 10.1. The molecule has 0 saturated carbocycles. The molecule has 0 aromatic heterocycles. The first-order chi connectivity index (χ1) is 7.63. The van der Waals surface area contributed by atoms with Crippen LogP contribution in [0.4, 0.5) is 5.69 Å². The van der Waals surface area contributed by atoms with Crippen LogP contribution < -0.4 is 10.5 Å². The van der Waals surface area contributed by atoms with E-state index in [0.29, 0.717) is 23.6 Å². The summed E-state index contributed by atoms with van der Waals surface area (Å²) < 4.78 is 5.38. The molecule has 0 saturated heterocycles. The van der Waals surface area contributed by atoms with E-state index in [1.54, 1.807) is 18.2 Å². The monoisotopic (exact) mass is 222 g/mol. The Bertz CT molecular complexity index is 402. The maximum absolute atomic E-state index is 10.1. The lowest BCUT2D eigenvalue weighted by Gasteiger charge is -2.07. The van der Waals surface area contributed by atoms with Gasteiger partial charge in [-0.1, -0.05) is 13.0 Å². The van der Waals surface area contributed by atoms with Crippen molar-refractivity contribution in [3.05, 3.63) is 40.1 Å². The van der Waals surface area contributed by atoms with E-state index in [-0.39, 0.29) is 0 Å². The Morgan fingerprint density at radius 1 is 1.56 bits per heavy atom. The number of benzene rings is 1. The zero-order valence-electron chi connectivity index (χ0n) is 9.05. The highest BCUT2D eigenvalue weighted by atomic mass is 16.6. The molecule has 0 aliphatic carbocycles. The second-order valence-electron chi connectivity index (χ2n) is 3.25. The molecule has 16 heavy (non-hydrogen) atoms. The molecule has 0 fully saturated rings. The van der Waals surface area contributed by atoms with Crippen molar-refractivity contribution >= 4 is 11.8 Å². The van der Waals surface area contributed by atoms with E-state index in [2.05, 4.69) is 0 Å². The molecule has 2 N–H and O–H groups in total. The predicted molar refractivity (Wildman–Crippen MR) is 62.7 cm³/mol. The molecule has 1 rings (SSSR count). The number of rotatable bonds is 5. The van der Waals surface area contributed by atoms with E-state index in [9.17, 15) is 10.1 Å². The Balaban J connectivity index is 2.78. The molecule has 1 aromatic carbocycles. The Morgan fingerprint density at radius 2 is 2.31 bits per heavy atom. The molecular weight excluding hydrogens is 208 g/mol. The van der Waals surface area contributed by atoms with Gasteiger partial charge in [-0.05, 0) is 24.1 Å². The van der Waals surface area contributed by atoms with Crippen LogP contribution in [0.1, 0.15) is 18.9 Å². The van der Waals surface area contributed by atoms with Gasteiger partial charge in [0.1, 0.15) is 5.75 Å². The lowest BCUT2D eigenvalue weighted by atomic mass is 10.2. The van der Waals surface area contributed by atoms with Crippen molar-refractivity contribution in [3.63, 3.8) is 0 Å². The van der Waals surface area contributed by atoms with Gasteiger partial charge in [-0.15, -0.1) is 0 Å².